The topological polar surface area (TPSA) is 77.3 Å². The Morgan fingerprint density at radius 2 is 0.844 bits per heavy atom. The van der Waals surface area contributed by atoms with Crippen LogP contribution in [0.3, 0.4) is 0 Å². The van der Waals surface area contributed by atoms with Gasteiger partial charge < -0.3 is 9.47 Å². The summed E-state index contributed by atoms with van der Waals surface area (Å²) in [6, 6.07) is 0. The molecule has 8 bridgehead atoms. The third-order valence-corrected chi connectivity index (χ3v) is 10.3. The lowest BCUT2D eigenvalue weighted by molar-refractivity contribution is -0.0646. The molecule has 0 unspecified atom stereocenters. The van der Waals surface area contributed by atoms with Crippen LogP contribution in [0.1, 0.15) is 89.9 Å². The molecule has 0 spiro atoms. The summed E-state index contributed by atoms with van der Waals surface area (Å²) >= 11 is 0. The molecule has 176 valence electrons. The van der Waals surface area contributed by atoms with E-state index in [1.54, 1.807) is 0 Å². The van der Waals surface area contributed by atoms with Gasteiger partial charge in [0.25, 0.3) is 0 Å². The van der Waals surface area contributed by atoms with Gasteiger partial charge in [0.2, 0.25) is 0 Å². The maximum absolute atomic E-state index is 11.9. The molecule has 0 saturated heterocycles. The van der Waals surface area contributed by atoms with Gasteiger partial charge in [0.05, 0.1) is 13.2 Å². The number of azo groups is 1. The maximum atomic E-state index is 11.9. The average Bonchev–Trinajstić information content (AvgIpc) is 2.70. The number of carbonyl (C=O) groups excluding carboxylic acids is 2. The first kappa shape index (κ1) is 21.1. The zero-order valence-corrected chi connectivity index (χ0v) is 19.3. The van der Waals surface area contributed by atoms with Crippen LogP contribution in [0, 0.1) is 46.3 Å². The molecule has 0 aromatic carbocycles. The van der Waals surface area contributed by atoms with Gasteiger partial charge >= 0.3 is 12.2 Å². The lowest BCUT2D eigenvalue weighted by Crippen LogP contribution is -2.46. The van der Waals surface area contributed by atoms with Crippen LogP contribution < -0.4 is 0 Å². The van der Waals surface area contributed by atoms with E-state index in [4.69, 9.17) is 9.47 Å². The molecule has 0 aliphatic heterocycles. The fourth-order valence-electron chi connectivity index (χ4n) is 10.0. The predicted octanol–water partition coefficient (Wildman–Crippen LogP) is 6.92. The van der Waals surface area contributed by atoms with Gasteiger partial charge in [0.15, 0.2) is 0 Å². The highest BCUT2D eigenvalue weighted by atomic mass is 16.6. The summed E-state index contributed by atoms with van der Waals surface area (Å²) in [5.41, 5.74) is 0.755. The molecule has 8 rings (SSSR count). The average molecular weight is 443 g/mol. The fraction of sp³-hybridized carbons (Fsp3) is 0.923. The molecule has 0 atom stereocenters. The minimum absolute atomic E-state index is 0.377. The maximum Gasteiger partial charge on any atom is 0.452 e. The Bertz CT molecular complexity index is 656. The number of amides is 2. The first-order valence-corrected chi connectivity index (χ1v) is 13.2. The number of ether oxygens (including phenoxy) is 2. The minimum atomic E-state index is -0.771. The lowest BCUT2D eigenvalue weighted by Gasteiger charge is -2.57. The lowest BCUT2D eigenvalue weighted by atomic mass is 9.49. The van der Waals surface area contributed by atoms with Crippen LogP contribution in [0.5, 0.6) is 0 Å². The number of hydrogen-bond donors (Lipinski definition) is 0. The van der Waals surface area contributed by atoms with Crippen molar-refractivity contribution in [2.45, 2.75) is 89.9 Å². The first-order valence-electron chi connectivity index (χ1n) is 13.2. The van der Waals surface area contributed by atoms with Crippen molar-refractivity contribution >= 4 is 12.2 Å². The van der Waals surface area contributed by atoms with Gasteiger partial charge in [-0.3, -0.25) is 0 Å². The molecule has 0 radical (unpaired) electrons. The highest BCUT2D eigenvalue weighted by molar-refractivity contribution is 5.73. The van der Waals surface area contributed by atoms with E-state index < -0.39 is 12.2 Å². The van der Waals surface area contributed by atoms with Crippen LogP contribution in [0.25, 0.3) is 0 Å². The van der Waals surface area contributed by atoms with Gasteiger partial charge in [-0.2, -0.15) is 0 Å². The van der Waals surface area contributed by atoms with Crippen LogP contribution in [0.2, 0.25) is 0 Å². The second-order valence-electron chi connectivity index (χ2n) is 12.8. The number of nitrogens with zero attached hydrogens (tertiary/aromatic N) is 2. The fourth-order valence-corrected chi connectivity index (χ4v) is 10.0. The molecular weight excluding hydrogens is 404 g/mol. The Kier molecular flexibility index (Phi) is 5.33. The molecule has 0 N–H and O–H groups in total. The number of rotatable bonds is 6. The smallest absolute Gasteiger partial charge is 0.447 e. The normalized spacial score (nSPS) is 45.5. The van der Waals surface area contributed by atoms with Crippen molar-refractivity contribution in [3.8, 4) is 0 Å². The minimum Gasteiger partial charge on any atom is -0.447 e. The van der Waals surface area contributed by atoms with E-state index in [1.807, 2.05) is 0 Å². The van der Waals surface area contributed by atoms with E-state index in [1.165, 1.54) is 77.0 Å². The van der Waals surface area contributed by atoms with Gasteiger partial charge in [-0.05, 0) is 136 Å². The quantitative estimate of drug-likeness (QED) is 0.418. The molecule has 0 aromatic heterocycles. The standard InChI is InChI=1S/C26H38N2O4/c29-23(31-3-1-25-11-17-5-18(12-25)7-19(6-17)13-25)27-28-24(30)32-4-2-26-14-20-8-21(15-26)10-22(9-20)16-26/h17-22H,1-16H2. The summed E-state index contributed by atoms with van der Waals surface area (Å²) in [7, 11) is 0. The van der Waals surface area contributed by atoms with Crippen LogP contribution in [0.4, 0.5) is 9.59 Å². The zero-order valence-electron chi connectivity index (χ0n) is 19.3. The van der Waals surface area contributed by atoms with Crippen LogP contribution >= 0.6 is 0 Å². The third-order valence-electron chi connectivity index (χ3n) is 10.3. The van der Waals surface area contributed by atoms with Gasteiger partial charge in [-0.1, -0.05) is 10.2 Å². The van der Waals surface area contributed by atoms with Gasteiger partial charge in [-0.15, -0.1) is 0 Å². The molecule has 6 nitrogen and oxygen atoms in total. The van der Waals surface area contributed by atoms with E-state index in [2.05, 4.69) is 10.2 Å². The molecule has 8 fully saturated rings. The Balaban J connectivity index is 0.907. The number of carbonyl (C=O) groups is 2. The van der Waals surface area contributed by atoms with Gasteiger partial charge in [-0.25, -0.2) is 9.59 Å². The van der Waals surface area contributed by atoms with Gasteiger partial charge in [0, 0.05) is 0 Å². The Morgan fingerprint density at radius 3 is 1.12 bits per heavy atom. The molecule has 8 saturated carbocycles. The van der Waals surface area contributed by atoms with Crippen LogP contribution in [0.15, 0.2) is 10.2 Å². The number of hydrogen-bond acceptors (Lipinski definition) is 4. The summed E-state index contributed by atoms with van der Waals surface area (Å²) in [5, 5.41) is 6.89. The molecule has 6 heteroatoms. The molecule has 0 heterocycles. The molecule has 32 heavy (non-hydrogen) atoms. The van der Waals surface area contributed by atoms with Crippen LogP contribution in [-0.4, -0.2) is 25.4 Å². The summed E-state index contributed by atoms with van der Waals surface area (Å²) in [4.78, 5) is 23.9. The van der Waals surface area contributed by atoms with E-state index in [9.17, 15) is 9.59 Å². The molecular formula is C26H38N2O4. The van der Waals surface area contributed by atoms with E-state index in [-0.39, 0.29) is 0 Å². The van der Waals surface area contributed by atoms with Gasteiger partial charge in [0.1, 0.15) is 0 Å². The predicted molar refractivity (Wildman–Crippen MR) is 118 cm³/mol. The second-order valence-corrected chi connectivity index (χ2v) is 12.8. The third kappa shape index (κ3) is 4.23. The Hall–Kier alpha value is -1.46. The van der Waals surface area contributed by atoms with Crippen molar-refractivity contribution in [2.24, 2.45) is 56.6 Å². The summed E-state index contributed by atoms with van der Waals surface area (Å²) in [5.74, 6) is 5.36. The molecule has 0 aromatic rings. The monoisotopic (exact) mass is 442 g/mol. The SMILES string of the molecule is O=C(N=NC(=O)OCCC12CC3CC(CC(C3)C1)C2)OCCC12CC3CC(CC(C3)C1)C2. The molecule has 2 amide bonds. The van der Waals surface area contributed by atoms with Crippen molar-refractivity contribution in [3.05, 3.63) is 0 Å². The van der Waals surface area contributed by atoms with Crippen molar-refractivity contribution in [3.63, 3.8) is 0 Å². The van der Waals surface area contributed by atoms with E-state index >= 15 is 0 Å². The largest absolute Gasteiger partial charge is 0.452 e. The van der Waals surface area contributed by atoms with Crippen molar-refractivity contribution < 1.29 is 19.1 Å². The summed E-state index contributed by atoms with van der Waals surface area (Å²) in [6.07, 6.45) is 16.6. The van der Waals surface area contributed by atoms with Crippen LogP contribution in [-0.2, 0) is 9.47 Å². The molecule has 8 aliphatic rings. The van der Waals surface area contributed by atoms with E-state index in [0.717, 1.165) is 48.3 Å². The van der Waals surface area contributed by atoms with Crippen molar-refractivity contribution in [1.82, 2.24) is 0 Å². The first-order chi connectivity index (χ1) is 15.5. The highest BCUT2D eigenvalue weighted by Gasteiger charge is 2.51. The van der Waals surface area contributed by atoms with Crippen molar-refractivity contribution in [1.29, 1.82) is 0 Å². The Morgan fingerprint density at radius 1 is 0.562 bits per heavy atom. The highest BCUT2D eigenvalue weighted by Crippen LogP contribution is 2.62. The summed E-state index contributed by atoms with van der Waals surface area (Å²) < 4.78 is 10.6. The van der Waals surface area contributed by atoms with Crippen molar-refractivity contribution in [2.75, 3.05) is 13.2 Å². The second kappa shape index (κ2) is 8.09. The zero-order chi connectivity index (χ0) is 21.8. The van der Waals surface area contributed by atoms with E-state index in [0.29, 0.717) is 24.0 Å². The summed E-state index contributed by atoms with van der Waals surface area (Å²) in [6.45, 7) is 0.760. The Labute approximate surface area is 191 Å². The molecule has 8 aliphatic carbocycles.